The van der Waals surface area contributed by atoms with E-state index in [0.29, 0.717) is 19.5 Å². The van der Waals surface area contributed by atoms with Gasteiger partial charge in [-0.3, -0.25) is 0 Å². The number of piperazine rings is 1. The SMILES string of the molecule is CCNC(=NCc1ccnc(N2CCN(C)CC2)c1)NCCC(O)c1ccccc1. The van der Waals surface area contributed by atoms with Crippen molar-refractivity contribution >= 4 is 11.8 Å². The van der Waals surface area contributed by atoms with E-state index in [1.807, 2.05) is 49.5 Å². The number of aliphatic imine (C=N–C) groups is 1. The first-order chi connectivity index (χ1) is 14.7. The summed E-state index contributed by atoms with van der Waals surface area (Å²) < 4.78 is 0. The van der Waals surface area contributed by atoms with Gasteiger partial charge in [0.05, 0.1) is 12.6 Å². The number of pyridine rings is 1. The zero-order valence-electron chi connectivity index (χ0n) is 18.1. The predicted molar refractivity (Wildman–Crippen MR) is 123 cm³/mol. The molecular formula is C23H34N6O. The van der Waals surface area contributed by atoms with E-state index in [4.69, 9.17) is 4.99 Å². The molecule has 0 saturated carbocycles. The highest BCUT2D eigenvalue weighted by molar-refractivity contribution is 5.79. The monoisotopic (exact) mass is 410 g/mol. The molecule has 1 saturated heterocycles. The number of guanidine groups is 1. The Bertz CT molecular complexity index is 789. The van der Waals surface area contributed by atoms with Crippen molar-refractivity contribution in [2.45, 2.75) is 26.0 Å². The molecule has 0 amide bonds. The standard InChI is InChI=1S/C23H34N6O/c1-3-24-23(26-12-10-21(30)20-7-5-4-6-8-20)27-18-19-9-11-25-22(17-19)29-15-13-28(2)14-16-29/h4-9,11,17,21,30H,3,10,12-16,18H2,1-2H3,(H2,24,26,27). The van der Waals surface area contributed by atoms with E-state index in [-0.39, 0.29) is 0 Å². The summed E-state index contributed by atoms with van der Waals surface area (Å²) in [5.41, 5.74) is 2.08. The number of rotatable bonds is 8. The number of nitrogens with one attached hydrogen (secondary N) is 2. The van der Waals surface area contributed by atoms with Crippen LogP contribution >= 0.6 is 0 Å². The average molecular weight is 411 g/mol. The van der Waals surface area contributed by atoms with Crippen LogP contribution in [0.4, 0.5) is 5.82 Å². The molecule has 30 heavy (non-hydrogen) atoms. The Labute approximate surface area is 179 Å². The topological polar surface area (TPSA) is 76.0 Å². The third-order valence-electron chi connectivity index (χ3n) is 5.30. The molecule has 1 aromatic carbocycles. The van der Waals surface area contributed by atoms with Gasteiger partial charge in [0.15, 0.2) is 5.96 Å². The van der Waals surface area contributed by atoms with Crippen LogP contribution in [-0.2, 0) is 6.54 Å². The first kappa shape index (κ1) is 22.1. The predicted octanol–water partition coefficient (Wildman–Crippen LogP) is 2.01. The van der Waals surface area contributed by atoms with Crippen LogP contribution < -0.4 is 15.5 Å². The highest BCUT2D eigenvalue weighted by Gasteiger charge is 2.15. The van der Waals surface area contributed by atoms with Crippen LogP contribution in [0.5, 0.6) is 0 Å². The first-order valence-electron chi connectivity index (χ1n) is 10.8. The van der Waals surface area contributed by atoms with Crippen LogP contribution in [0.2, 0.25) is 0 Å². The second kappa shape index (κ2) is 11.5. The number of likely N-dealkylation sites (N-methyl/N-ethyl adjacent to an activating group) is 1. The maximum atomic E-state index is 10.3. The zero-order chi connectivity index (χ0) is 21.2. The Morgan fingerprint density at radius 3 is 2.63 bits per heavy atom. The molecular weight excluding hydrogens is 376 g/mol. The Morgan fingerprint density at radius 1 is 1.13 bits per heavy atom. The molecule has 1 aromatic heterocycles. The van der Waals surface area contributed by atoms with Crippen molar-refractivity contribution in [3.63, 3.8) is 0 Å². The summed E-state index contributed by atoms with van der Waals surface area (Å²) in [6, 6.07) is 13.9. The van der Waals surface area contributed by atoms with Crippen molar-refractivity contribution in [2.24, 2.45) is 4.99 Å². The third-order valence-corrected chi connectivity index (χ3v) is 5.30. The van der Waals surface area contributed by atoms with Gasteiger partial charge in [-0.05, 0) is 43.7 Å². The fourth-order valence-corrected chi connectivity index (χ4v) is 3.45. The van der Waals surface area contributed by atoms with Crippen molar-refractivity contribution < 1.29 is 5.11 Å². The zero-order valence-corrected chi connectivity index (χ0v) is 18.1. The first-order valence-corrected chi connectivity index (χ1v) is 10.8. The minimum atomic E-state index is -0.479. The number of benzene rings is 1. The Hall–Kier alpha value is -2.64. The van der Waals surface area contributed by atoms with Crippen molar-refractivity contribution in [3.8, 4) is 0 Å². The highest BCUT2D eigenvalue weighted by Crippen LogP contribution is 2.16. The van der Waals surface area contributed by atoms with Crippen LogP contribution in [0.1, 0.15) is 30.6 Å². The molecule has 162 valence electrons. The van der Waals surface area contributed by atoms with Gasteiger partial charge in [-0.15, -0.1) is 0 Å². The molecule has 1 fully saturated rings. The summed E-state index contributed by atoms with van der Waals surface area (Å²) in [5, 5.41) is 16.9. The molecule has 2 heterocycles. The van der Waals surface area contributed by atoms with E-state index < -0.39 is 6.10 Å². The normalized spacial score (nSPS) is 16.4. The van der Waals surface area contributed by atoms with Crippen LogP contribution in [0.15, 0.2) is 53.7 Å². The maximum absolute atomic E-state index is 10.3. The molecule has 1 aliphatic heterocycles. The van der Waals surface area contributed by atoms with Crippen LogP contribution in [0.3, 0.4) is 0 Å². The number of aromatic nitrogens is 1. The second-order valence-corrected chi connectivity index (χ2v) is 7.65. The van der Waals surface area contributed by atoms with Crippen molar-refractivity contribution in [1.82, 2.24) is 20.5 Å². The van der Waals surface area contributed by atoms with Gasteiger partial charge in [0.2, 0.25) is 0 Å². The molecule has 7 nitrogen and oxygen atoms in total. The smallest absolute Gasteiger partial charge is 0.191 e. The van der Waals surface area contributed by atoms with Gasteiger partial charge in [-0.1, -0.05) is 30.3 Å². The lowest BCUT2D eigenvalue weighted by atomic mass is 10.1. The van der Waals surface area contributed by atoms with E-state index in [1.165, 1.54) is 0 Å². The highest BCUT2D eigenvalue weighted by atomic mass is 16.3. The van der Waals surface area contributed by atoms with Gasteiger partial charge in [0.25, 0.3) is 0 Å². The molecule has 3 rings (SSSR count). The molecule has 1 aliphatic rings. The Balaban J connectivity index is 1.53. The van der Waals surface area contributed by atoms with E-state index in [1.54, 1.807) is 0 Å². The lowest BCUT2D eigenvalue weighted by Crippen LogP contribution is -2.44. The minimum Gasteiger partial charge on any atom is -0.388 e. The van der Waals surface area contributed by atoms with Crippen LogP contribution in [0.25, 0.3) is 0 Å². The number of nitrogens with zero attached hydrogens (tertiary/aromatic N) is 4. The van der Waals surface area contributed by atoms with Crippen LogP contribution in [-0.4, -0.2) is 67.3 Å². The molecule has 3 N–H and O–H groups in total. The number of hydrogen-bond donors (Lipinski definition) is 3. The number of hydrogen-bond acceptors (Lipinski definition) is 5. The summed E-state index contributed by atoms with van der Waals surface area (Å²) in [6.07, 6.45) is 2.01. The molecule has 2 aromatic rings. The Kier molecular flexibility index (Phi) is 8.47. The maximum Gasteiger partial charge on any atom is 0.191 e. The van der Waals surface area contributed by atoms with E-state index in [0.717, 1.165) is 55.6 Å². The average Bonchev–Trinajstić information content (AvgIpc) is 2.78. The lowest BCUT2D eigenvalue weighted by Gasteiger charge is -2.33. The van der Waals surface area contributed by atoms with Crippen LogP contribution in [0, 0.1) is 0 Å². The van der Waals surface area contributed by atoms with Crippen molar-refractivity contribution in [3.05, 3.63) is 59.8 Å². The molecule has 7 heteroatoms. The summed E-state index contributed by atoms with van der Waals surface area (Å²) in [7, 11) is 2.16. The molecule has 0 radical (unpaired) electrons. The minimum absolute atomic E-state index is 0.479. The van der Waals surface area contributed by atoms with Gasteiger partial charge >= 0.3 is 0 Å². The fourth-order valence-electron chi connectivity index (χ4n) is 3.45. The largest absolute Gasteiger partial charge is 0.388 e. The molecule has 0 aliphatic carbocycles. The summed E-state index contributed by atoms with van der Waals surface area (Å²) in [6.45, 7) is 8.20. The molecule has 0 bridgehead atoms. The summed E-state index contributed by atoms with van der Waals surface area (Å²) >= 11 is 0. The second-order valence-electron chi connectivity index (χ2n) is 7.65. The lowest BCUT2D eigenvalue weighted by molar-refractivity contribution is 0.168. The number of aliphatic hydroxyl groups is 1. The van der Waals surface area contributed by atoms with Gasteiger partial charge in [-0.2, -0.15) is 0 Å². The van der Waals surface area contributed by atoms with E-state index in [2.05, 4.69) is 38.5 Å². The van der Waals surface area contributed by atoms with Crippen molar-refractivity contribution in [1.29, 1.82) is 0 Å². The van der Waals surface area contributed by atoms with E-state index in [9.17, 15) is 5.11 Å². The number of anilines is 1. The summed E-state index contributed by atoms with van der Waals surface area (Å²) in [5.74, 6) is 1.79. The molecule has 0 spiro atoms. The van der Waals surface area contributed by atoms with Gasteiger partial charge in [0.1, 0.15) is 5.82 Å². The quantitative estimate of drug-likeness (QED) is 0.457. The number of aliphatic hydroxyl groups excluding tert-OH is 1. The summed E-state index contributed by atoms with van der Waals surface area (Å²) in [4.78, 5) is 13.9. The van der Waals surface area contributed by atoms with Gasteiger partial charge in [0, 0.05) is 45.5 Å². The van der Waals surface area contributed by atoms with Gasteiger partial charge < -0.3 is 25.5 Å². The fraction of sp³-hybridized carbons (Fsp3) is 0.478. The van der Waals surface area contributed by atoms with Crippen molar-refractivity contribution in [2.75, 3.05) is 51.2 Å². The molecule has 1 atom stereocenters. The molecule has 1 unspecified atom stereocenters. The Morgan fingerprint density at radius 2 is 1.90 bits per heavy atom. The van der Waals surface area contributed by atoms with Gasteiger partial charge in [-0.25, -0.2) is 9.98 Å². The van der Waals surface area contributed by atoms with E-state index >= 15 is 0 Å². The third kappa shape index (κ3) is 6.71.